The van der Waals surface area contributed by atoms with Crippen molar-refractivity contribution in [3.8, 4) is 24.0 Å². The number of azo groups is 2. The summed E-state index contributed by atoms with van der Waals surface area (Å²) in [6.07, 6.45) is 3.17. The van der Waals surface area contributed by atoms with Crippen molar-refractivity contribution in [2.75, 3.05) is 0 Å². The highest BCUT2D eigenvalue weighted by Crippen LogP contribution is 2.27. The van der Waals surface area contributed by atoms with E-state index < -0.39 is 9.84 Å². The van der Waals surface area contributed by atoms with E-state index in [1.807, 2.05) is 0 Å². The molecule has 0 bridgehead atoms. The standard InChI is InChI=1S/C26H16N6O4S/c27-17-35-23-9-1-19(2-10-23)29-31-21-5-13-25(14-6-21)37(33,34)26-15-7-22(8-16-26)32-30-20-3-11-24(12-4-20)36-18-28/h1-16H. The molecule has 11 heteroatoms. The summed E-state index contributed by atoms with van der Waals surface area (Å²) < 4.78 is 35.4. The molecule has 0 saturated carbocycles. The number of nitrogens with zero attached hydrogens (tertiary/aromatic N) is 6. The van der Waals surface area contributed by atoms with E-state index in [2.05, 4.69) is 20.5 Å². The molecular formula is C26H16N6O4S. The zero-order valence-electron chi connectivity index (χ0n) is 19.0. The van der Waals surface area contributed by atoms with Crippen LogP contribution >= 0.6 is 0 Å². The van der Waals surface area contributed by atoms with Gasteiger partial charge in [0, 0.05) is 0 Å². The molecule has 4 aromatic rings. The van der Waals surface area contributed by atoms with Crippen LogP contribution in [0.2, 0.25) is 0 Å². The number of hydrogen-bond acceptors (Lipinski definition) is 10. The van der Waals surface area contributed by atoms with Gasteiger partial charge in [-0.25, -0.2) is 8.42 Å². The fraction of sp³-hybridized carbons (Fsp3) is 0. The Balaban J connectivity index is 1.42. The summed E-state index contributed by atoms with van der Waals surface area (Å²) in [5, 5.41) is 33.4. The highest BCUT2D eigenvalue weighted by molar-refractivity contribution is 7.91. The fourth-order valence-corrected chi connectivity index (χ4v) is 4.28. The average Bonchev–Trinajstić information content (AvgIpc) is 2.93. The van der Waals surface area contributed by atoms with E-state index in [1.54, 1.807) is 85.3 Å². The van der Waals surface area contributed by atoms with Gasteiger partial charge in [0.1, 0.15) is 11.5 Å². The van der Waals surface area contributed by atoms with Crippen LogP contribution in [0, 0.1) is 23.0 Å². The van der Waals surface area contributed by atoms with E-state index in [0.717, 1.165) is 0 Å². The van der Waals surface area contributed by atoms with Crippen molar-refractivity contribution in [1.82, 2.24) is 0 Å². The molecule has 0 N–H and O–H groups in total. The lowest BCUT2D eigenvalue weighted by Crippen LogP contribution is -2.01. The van der Waals surface area contributed by atoms with Crippen LogP contribution in [0.4, 0.5) is 22.7 Å². The maximum Gasteiger partial charge on any atom is 0.292 e. The van der Waals surface area contributed by atoms with Crippen LogP contribution in [0.25, 0.3) is 0 Å². The van der Waals surface area contributed by atoms with Crippen LogP contribution in [0.5, 0.6) is 11.5 Å². The molecule has 0 aliphatic carbocycles. The summed E-state index contributed by atoms with van der Waals surface area (Å²) in [6.45, 7) is 0. The first-order valence-corrected chi connectivity index (χ1v) is 12.1. The van der Waals surface area contributed by atoms with Gasteiger partial charge in [-0.3, -0.25) is 0 Å². The van der Waals surface area contributed by atoms with E-state index in [9.17, 15) is 8.42 Å². The quantitative estimate of drug-likeness (QED) is 0.183. The van der Waals surface area contributed by atoms with Gasteiger partial charge < -0.3 is 9.47 Å². The van der Waals surface area contributed by atoms with Crippen LogP contribution < -0.4 is 9.47 Å². The molecule has 0 aliphatic heterocycles. The van der Waals surface area contributed by atoms with E-state index in [1.165, 1.54) is 24.3 Å². The van der Waals surface area contributed by atoms with Gasteiger partial charge >= 0.3 is 0 Å². The Morgan fingerprint density at radius 3 is 1.03 bits per heavy atom. The second-order valence-corrected chi connectivity index (χ2v) is 9.22. The molecule has 0 radical (unpaired) electrons. The lowest BCUT2D eigenvalue weighted by atomic mass is 10.3. The number of benzene rings is 4. The molecule has 4 rings (SSSR count). The summed E-state index contributed by atoms with van der Waals surface area (Å²) in [6, 6.07) is 25.0. The minimum atomic E-state index is -3.75. The Morgan fingerprint density at radius 2 is 0.757 bits per heavy atom. The van der Waals surface area contributed by atoms with Gasteiger partial charge in [0.25, 0.3) is 12.5 Å². The number of hydrogen-bond donors (Lipinski definition) is 0. The molecule has 10 nitrogen and oxygen atoms in total. The SMILES string of the molecule is N#COc1ccc(N=Nc2ccc(S(=O)(=O)c3ccc(N=Nc4ccc(OC#N)cc4)cc3)cc2)cc1. The first-order chi connectivity index (χ1) is 18.0. The van der Waals surface area contributed by atoms with E-state index in [4.69, 9.17) is 20.0 Å². The van der Waals surface area contributed by atoms with E-state index >= 15 is 0 Å². The van der Waals surface area contributed by atoms with Gasteiger partial charge in [0.2, 0.25) is 9.84 Å². The largest absolute Gasteiger partial charge is 0.388 e. The van der Waals surface area contributed by atoms with Gasteiger partial charge in [-0.15, -0.1) is 10.5 Å². The molecule has 0 unspecified atom stereocenters. The Labute approximate surface area is 212 Å². The number of rotatable bonds is 8. The summed E-state index contributed by atoms with van der Waals surface area (Å²) in [5.74, 6) is 0.787. The third-order valence-electron chi connectivity index (χ3n) is 4.86. The Hall–Kier alpha value is -5.39. The lowest BCUT2D eigenvalue weighted by Gasteiger charge is -2.05. The molecular weight excluding hydrogens is 492 g/mol. The first-order valence-electron chi connectivity index (χ1n) is 10.6. The molecule has 0 fully saturated rings. The third kappa shape index (κ3) is 6.39. The van der Waals surface area contributed by atoms with Gasteiger partial charge in [-0.05, 0) is 97.1 Å². The van der Waals surface area contributed by atoms with Crippen LogP contribution in [0.15, 0.2) is 127 Å². The van der Waals surface area contributed by atoms with Crippen LogP contribution in [-0.2, 0) is 9.84 Å². The van der Waals surface area contributed by atoms with Crippen molar-refractivity contribution in [1.29, 1.82) is 10.5 Å². The smallest absolute Gasteiger partial charge is 0.292 e. The average molecular weight is 509 g/mol. The van der Waals surface area contributed by atoms with E-state index in [-0.39, 0.29) is 9.79 Å². The van der Waals surface area contributed by atoms with Crippen LogP contribution in [0.3, 0.4) is 0 Å². The fourth-order valence-electron chi connectivity index (χ4n) is 3.02. The number of nitriles is 2. The minimum Gasteiger partial charge on any atom is -0.388 e. The summed E-state index contributed by atoms with van der Waals surface area (Å²) in [7, 11) is -3.75. The highest BCUT2D eigenvalue weighted by atomic mass is 32.2. The zero-order valence-corrected chi connectivity index (χ0v) is 19.8. The molecule has 4 aromatic carbocycles. The summed E-state index contributed by atoms with van der Waals surface area (Å²) in [4.78, 5) is 0.219. The minimum absolute atomic E-state index is 0.110. The topological polar surface area (TPSA) is 150 Å². The molecule has 0 saturated heterocycles. The van der Waals surface area contributed by atoms with Gasteiger partial charge in [0.05, 0.1) is 32.5 Å². The van der Waals surface area contributed by atoms with Crippen molar-refractivity contribution in [2.24, 2.45) is 20.5 Å². The monoisotopic (exact) mass is 508 g/mol. The van der Waals surface area contributed by atoms with E-state index in [0.29, 0.717) is 34.2 Å². The second-order valence-electron chi connectivity index (χ2n) is 7.27. The molecule has 0 atom stereocenters. The Kier molecular flexibility index (Phi) is 7.59. The van der Waals surface area contributed by atoms with Crippen molar-refractivity contribution in [3.05, 3.63) is 97.1 Å². The second kappa shape index (κ2) is 11.4. The molecule has 0 aliphatic rings. The molecule has 0 heterocycles. The molecule has 0 spiro atoms. The van der Waals surface area contributed by atoms with Crippen molar-refractivity contribution < 1.29 is 17.9 Å². The first kappa shape index (κ1) is 24.7. The van der Waals surface area contributed by atoms with Crippen molar-refractivity contribution >= 4 is 32.6 Å². The summed E-state index contributed by atoms with van der Waals surface area (Å²) in [5.41, 5.74) is 2.03. The molecule has 37 heavy (non-hydrogen) atoms. The molecule has 0 amide bonds. The molecule has 0 aromatic heterocycles. The molecule has 180 valence electrons. The van der Waals surface area contributed by atoms with Gasteiger partial charge in [-0.2, -0.15) is 20.5 Å². The van der Waals surface area contributed by atoms with Gasteiger partial charge in [0.15, 0.2) is 0 Å². The normalized spacial score (nSPS) is 11.2. The summed E-state index contributed by atoms with van der Waals surface area (Å²) >= 11 is 0. The maximum absolute atomic E-state index is 13.0. The van der Waals surface area contributed by atoms with Crippen molar-refractivity contribution in [2.45, 2.75) is 9.79 Å². The lowest BCUT2D eigenvalue weighted by molar-refractivity contribution is 0.507. The maximum atomic E-state index is 13.0. The Bertz CT molecular complexity index is 1500. The number of sulfone groups is 1. The zero-order chi connectivity index (χ0) is 26.1. The predicted molar refractivity (Wildman–Crippen MR) is 132 cm³/mol. The van der Waals surface area contributed by atoms with Crippen LogP contribution in [-0.4, -0.2) is 8.42 Å². The van der Waals surface area contributed by atoms with Gasteiger partial charge in [-0.1, -0.05) is 0 Å². The highest BCUT2D eigenvalue weighted by Gasteiger charge is 2.17. The third-order valence-corrected chi connectivity index (χ3v) is 6.64. The predicted octanol–water partition coefficient (Wildman–Crippen LogP) is 7.07. The van der Waals surface area contributed by atoms with Crippen LogP contribution in [0.1, 0.15) is 0 Å². The Morgan fingerprint density at radius 1 is 0.486 bits per heavy atom. The number of ether oxygens (including phenoxy) is 2. The van der Waals surface area contributed by atoms with Crippen molar-refractivity contribution in [3.63, 3.8) is 0 Å².